The molecule has 0 bridgehead atoms. The molecular weight excluding hydrogens is 416 g/mol. The van der Waals surface area contributed by atoms with E-state index in [0.717, 1.165) is 5.56 Å². The van der Waals surface area contributed by atoms with Gasteiger partial charge in [-0.25, -0.2) is 13.1 Å². The average Bonchev–Trinajstić information content (AvgIpc) is 2.72. The van der Waals surface area contributed by atoms with E-state index in [4.69, 9.17) is 9.47 Å². The fourth-order valence-electron chi connectivity index (χ4n) is 2.64. The summed E-state index contributed by atoms with van der Waals surface area (Å²) in [4.78, 5) is 12.2. The van der Waals surface area contributed by atoms with Crippen molar-refractivity contribution in [3.8, 4) is 11.5 Å². The quantitative estimate of drug-likeness (QED) is 0.407. The van der Waals surface area contributed by atoms with Gasteiger partial charge in [-0.05, 0) is 55.3 Å². The molecule has 0 fully saturated rings. The summed E-state index contributed by atoms with van der Waals surface area (Å²) in [5, 5.41) is 2.74. The van der Waals surface area contributed by atoms with Crippen molar-refractivity contribution in [2.45, 2.75) is 25.7 Å². The number of benzene rings is 2. The molecule has 2 aromatic rings. The highest BCUT2D eigenvalue weighted by Gasteiger charge is 2.10. The first-order valence-electron chi connectivity index (χ1n) is 9.73. The maximum Gasteiger partial charge on any atom is 0.248 e. The monoisotopic (exact) mass is 444 g/mol. The number of amides is 1. The highest BCUT2D eigenvalue weighted by molar-refractivity contribution is 7.88. The van der Waals surface area contributed by atoms with Crippen LogP contribution in [0, 0.1) is 0 Å². The van der Waals surface area contributed by atoms with E-state index in [1.54, 1.807) is 49.6 Å². The number of hydrogen-bond acceptors (Lipinski definition) is 5. The third-order valence-corrected chi connectivity index (χ3v) is 5.32. The molecule has 0 aliphatic heterocycles. The van der Waals surface area contributed by atoms with Crippen molar-refractivity contribution in [3.05, 3.63) is 72.3 Å². The van der Waals surface area contributed by atoms with Crippen LogP contribution >= 0.6 is 0 Å². The fraction of sp³-hybridized carbons (Fsp3) is 0.261. The molecule has 0 heterocycles. The first-order valence-corrected chi connectivity index (χ1v) is 11.4. The van der Waals surface area contributed by atoms with Crippen LogP contribution in [0.5, 0.6) is 11.5 Å². The Morgan fingerprint density at radius 3 is 2.45 bits per heavy atom. The number of sulfonamides is 1. The summed E-state index contributed by atoms with van der Waals surface area (Å²) in [5.41, 5.74) is 1.96. The zero-order chi connectivity index (χ0) is 22.9. The van der Waals surface area contributed by atoms with Crippen LogP contribution in [0.15, 0.2) is 61.2 Å². The van der Waals surface area contributed by atoms with E-state index in [1.165, 1.54) is 12.2 Å². The Balaban J connectivity index is 1.98. The molecule has 0 spiro atoms. The Morgan fingerprint density at radius 1 is 1.13 bits per heavy atom. The van der Waals surface area contributed by atoms with Gasteiger partial charge in [0, 0.05) is 18.3 Å². The molecule has 7 nitrogen and oxygen atoms in total. The van der Waals surface area contributed by atoms with E-state index in [0.29, 0.717) is 22.7 Å². The van der Waals surface area contributed by atoms with Crippen LogP contribution in [0.2, 0.25) is 0 Å². The Morgan fingerprint density at radius 2 is 1.84 bits per heavy atom. The van der Waals surface area contributed by atoms with Gasteiger partial charge in [-0.15, -0.1) is 6.58 Å². The molecule has 2 aromatic carbocycles. The zero-order valence-electron chi connectivity index (χ0n) is 17.9. The van der Waals surface area contributed by atoms with Crippen molar-refractivity contribution in [2.24, 2.45) is 0 Å². The maximum atomic E-state index is 12.2. The smallest absolute Gasteiger partial charge is 0.248 e. The SMILES string of the molecule is C=CCNS(=O)(=O)Cc1ccc(NC(=O)/C=C/c2ccc(OC(C)C)c(OC)c2)cc1. The second kappa shape index (κ2) is 11.3. The minimum absolute atomic E-state index is 0.0241. The summed E-state index contributed by atoms with van der Waals surface area (Å²) >= 11 is 0. The van der Waals surface area contributed by atoms with Crippen LogP contribution in [0.3, 0.4) is 0 Å². The molecule has 8 heteroatoms. The largest absolute Gasteiger partial charge is 0.493 e. The molecule has 0 aliphatic carbocycles. The number of ether oxygens (including phenoxy) is 2. The highest BCUT2D eigenvalue weighted by atomic mass is 32.2. The number of nitrogens with one attached hydrogen (secondary N) is 2. The van der Waals surface area contributed by atoms with Gasteiger partial charge in [-0.3, -0.25) is 4.79 Å². The molecule has 0 saturated heterocycles. The Kier molecular flexibility index (Phi) is 8.84. The van der Waals surface area contributed by atoms with Gasteiger partial charge < -0.3 is 14.8 Å². The lowest BCUT2D eigenvalue weighted by Gasteiger charge is -2.13. The van der Waals surface area contributed by atoms with Crippen molar-refractivity contribution >= 4 is 27.7 Å². The van der Waals surface area contributed by atoms with E-state index in [-0.39, 0.29) is 24.3 Å². The number of methoxy groups -OCH3 is 1. The Hall–Kier alpha value is -3.10. The average molecular weight is 445 g/mol. The van der Waals surface area contributed by atoms with Crippen LogP contribution in [0.1, 0.15) is 25.0 Å². The number of carbonyl (C=O) groups is 1. The van der Waals surface area contributed by atoms with Gasteiger partial charge in [0.05, 0.1) is 19.0 Å². The molecule has 31 heavy (non-hydrogen) atoms. The van der Waals surface area contributed by atoms with Gasteiger partial charge in [0.15, 0.2) is 11.5 Å². The second-order valence-electron chi connectivity index (χ2n) is 6.99. The predicted molar refractivity (Wildman–Crippen MR) is 124 cm³/mol. The maximum absolute atomic E-state index is 12.2. The minimum atomic E-state index is -3.43. The van der Waals surface area contributed by atoms with Gasteiger partial charge in [0.25, 0.3) is 0 Å². The predicted octanol–water partition coefficient (Wildman–Crippen LogP) is 3.74. The fourth-order valence-corrected chi connectivity index (χ4v) is 3.74. The third kappa shape index (κ3) is 8.27. The number of carbonyl (C=O) groups excluding carboxylic acids is 1. The normalized spacial score (nSPS) is 11.5. The standard InChI is InChI=1S/C23H28N2O5S/c1-5-14-24-31(27,28)16-19-6-10-20(11-7-19)25-23(26)13-9-18-8-12-21(30-17(2)3)22(15-18)29-4/h5-13,15,17,24H,1,14,16H2,2-4H3,(H,25,26)/b13-9+. The molecule has 0 aromatic heterocycles. The van der Waals surface area contributed by atoms with Crippen molar-refractivity contribution in [2.75, 3.05) is 19.0 Å². The summed E-state index contributed by atoms with van der Waals surface area (Å²) in [6.07, 6.45) is 4.59. The van der Waals surface area contributed by atoms with Gasteiger partial charge in [-0.2, -0.15) is 0 Å². The summed E-state index contributed by atoms with van der Waals surface area (Å²) in [7, 11) is -1.86. The lowest BCUT2D eigenvalue weighted by atomic mass is 10.2. The Labute approximate surface area is 183 Å². The summed E-state index contributed by atoms with van der Waals surface area (Å²) in [6, 6.07) is 12.1. The highest BCUT2D eigenvalue weighted by Crippen LogP contribution is 2.29. The molecular formula is C23H28N2O5S. The van der Waals surface area contributed by atoms with Crippen molar-refractivity contribution < 1.29 is 22.7 Å². The summed E-state index contributed by atoms with van der Waals surface area (Å²) < 4.78 is 37.3. The molecule has 2 N–H and O–H groups in total. The van der Waals surface area contributed by atoms with Gasteiger partial charge in [-0.1, -0.05) is 24.3 Å². The molecule has 1 amide bonds. The van der Waals surface area contributed by atoms with E-state index in [1.807, 2.05) is 19.9 Å². The molecule has 0 saturated carbocycles. The minimum Gasteiger partial charge on any atom is -0.493 e. The molecule has 2 rings (SSSR count). The van der Waals surface area contributed by atoms with E-state index >= 15 is 0 Å². The van der Waals surface area contributed by atoms with Crippen LogP contribution in [-0.2, 0) is 20.6 Å². The Bertz CT molecular complexity index is 1030. The second-order valence-corrected chi connectivity index (χ2v) is 8.80. The number of anilines is 1. The lowest BCUT2D eigenvalue weighted by molar-refractivity contribution is -0.111. The van der Waals surface area contributed by atoms with Gasteiger partial charge in [0.2, 0.25) is 15.9 Å². The van der Waals surface area contributed by atoms with E-state index in [2.05, 4.69) is 16.6 Å². The van der Waals surface area contributed by atoms with Crippen molar-refractivity contribution in [1.29, 1.82) is 0 Å². The van der Waals surface area contributed by atoms with Crippen LogP contribution < -0.4 is 19.5 Å². The van der Waals surface area contributed by atoms with Gasteiger partial charge >= 0.3 is 0 Å². The number of hydrogen-bond donors (Lipinski definition) is 2. The topological polar surface area (TPSA) is 93.7 Å². The molecule has 0 radical (unpaired) electrons. The van der Waals surface area contributed by atoms with E-state index < -0.39 is 10.0 Å². The molecule has 0 aliphatic rings. The first-order chi connectivity index (χ1) is 14.7. The summed E-state index contributed by atoms with van der Waals surface area (Å²) in [5.74, 6) is 0.771. The number of rotatable bonds is 11. The third-order valence-electron chi connectivity index (χ3n) is 4.00. The summed E-state index contributed by atoms with van der Waals surface area (Å²) in [6.45, 7) is 7.53. The van der Waals surface area contributed by atoms with Crippen LogP contribution in [0.25, 0.3) is 6.08 Å². The van der Waals surface area contributed by atoms with Crippen LogP contribution in [0.4, 0.5) is 5.69 Å². The molecule has 166 valence electrons. The lowest BCUT2D eigenvalue weighted by Crippen LogP contribution is -2.25. The molecule has 0 unspecified atom stereocenters. The van der Waals surface area contributed by atoms with Crippen LogP contribution in [-0.4, -0.2) is 34.1 Å². The van der Waals surface area contributed by atoms with Gasteiger partial charge in [0.1, 0.15) is 0 Å². The zero-order valence-corrected chi connectivity index (χ0v) is 18.7. The van der Waals surface area contributed by atoms with E-state index in [9.17, 15) is 13.2 Å². The molecule has 0 atom stereocenters. The first kappa shape index (κ1) is 24.2. The van der Waals surface area contributed by atoms with Crippen molar-refractivity contribution in [3.63, 3.8) is 0 Å². The van der Waals surface area contributed by atoms with Crippen molar-refractivity contribution in [1.82, 2.24) is 4.72 Å².